The Morgan fingerprint density at radius 2 is 2.03 bits per heavy atom. The molecule has 1 saturated heterocycles. The number of carbonyl (C=O) groups is 1. The Kier molecular flexibility index (Phi) is 5.18. The summed E-state index contributed by atoms with van der Waals surface area (Å²) in [6.07, 6.45) is -3.02. The highest BCUT2D eigenvalue weighted by Gasteiger charge is 2.35. The van der Waals surface area contributed by atoms with Crippen LogP contribution >= 0.6 is 11.6 Å². The molecule has 1 N–H and O–H groups in total. The molecule has 3 heterocycles. The maximum Gasteiger partial charge on any atom is 0.433 e. The van der Waals surface area contributed by atoms with Crippen LogP contribution in [0.2, 0.25) is 5.02 Å². The molecule has 1 aliphatic rings. The van der Waals surface area contributed by atoms with Crippen molar-refractivity contribution in [3.63, 3.8) is 0 Å². The van der Waals surface area contributed by atoms with Crippen LogP contribution in [0.25, 0.3) is 16.9 Å². The first kappa shape index (κ1) is 19.7. The second-order valence-electron chi connectivity index (χ2n) is 6.68. The Bertz CT molecular complexity index is 1040. The summed E-state index contributed by atoms with van der Waals surface area (Å²) in [7, 11) is 0. The number of ether oxygens (including phenoxy) is 1. The van der Waals surface area contributed by atoms with E-state index in [9.17, 15) is 18.0 Å². The van der Waals surface area contributed by atoms with E-state index in [0.29, 0.717) is 21.7 Å². The number of hydrogen-bond donors (Lipinski definition) is 1. The molecular weight excluding hydrogens is 409 g/mol. The number of aromatic nitrogens is 3. The van der Waals surface area contributed by atoms with Crippen molar-refractivity contribution in [2.24, 2.45) is 0 Å². The standard InChI is InChI=1S/C19H16ClF3N4O2/c20-12-5-3-11(4-6-12)14-8-16(19(21,22)23)27-17(25-14)9-15(26-27)18(28)24-10-13-2-1-7-29-13/h3-6,8-9,13H,1-2,7,10H2,(H,24,28)/t13-/m1/s1. The van der Waals surface area contributed by atoms with E-state index in [1.807, 2.05) is 0 Å². The molecule has 0 saturated carbocycles. The molecule has 152 valence electrons. The molecule has 0 aliphatic carbocycles. The smallest absolute Gasteiger partial charge is 0.376 e. The lowest BCUT2D eigenvalue weighted by Gasteiger charge is -2.11. The Hall–Kier alpha value is -2.65. The fourth-order valence-corrected chi connectivity index (χ4v) is 3.28. The zero-order valence-corrected chi connectivity index (χ0v) is 15.8. The summed E-state index contributed by atoms with van der Waals surface area (Å²) in [5, 5.41) is 6.94. The van der Waals surface area contributed by atoms with Crippen molar-refractivity contribution in [3.05, 3.63) is 52.8 Å². The molecular formula is C19H16ClF3N4O2. The topological polar surface area (TPSA) is 68.5 Å². The van der Waals surface area contributed by atoms with Crippen molar-refractivity contribution < 1.29 is 22.7 Å². The highest BCUT2D eigenvalue weighted by Crippen LogP contribution is 2.32. The lowest BCUT2D eigenvalue weighted by Crippen LogP contribution is -2.32. The number of fused-ring (bicyclic) bond motifs is 1. The van der Waals surface area contributed by atoms with Gasteiger partial charge in [0.15, 0.2) is 17.0 Å². The van der Waals surface area contributed by atoms with Gasteiger partial charge in [0.25, 0.3) is 5.91 Å². The van der Waals surface area contributed by atoms with Crippen LogP contribution in [-0.4, -0.2) is 39.8 Å². The molecule has 1 fully saturated rings. The lowest BCUT2D eigenvalue weighted by atomic mass is 10.1. The molecule has 29 heavy (non-hydrogen) atoms. The summed E-state index contributed by atoms with van der Waals surface area (Å²) in [5.41, 5.74) is -0.674. The summed E-state index contributed by atoms with van der Waals surface area (Å²) in [6, 6.07) is 8.42. The molecule has 10 heteroatoms. The molecule has 2 aromatic heterocycles. The van der Waals surface area contributed by atoms with E-state index < -0.39 is 17.8 Å². The van der Waals surface area contributed by atoms with Crippen molar-refractivity contribution in [3.8, 4) is 11.3 Å². The first-order valence-corrected chi connectivity index (χ1v) is 9.33. The molecule has 6 nitrogen and oxygen atoms in total. The fraction of sp³-hybridized carbons (Fsp3) is 0.316. The SMILES string of the molecule is O=C(NC[C@H]1CCCO1)c1cc2nc(-c3ccc(Cl)cc3)cc(C(F)(F)F)n2n1. The van der Waals surface area contributed by atoms with Gasteiger partial charge in [-0.25, -0.2) is 9.50 Å². The van der Waals surface area contributed by atoms with Crippen LogP contribution < -0.4 is 5.32 Å². The van der Waals surface area contributed by atoms with Gasteiger partial charge in [0.05, 0.1) is 11.8 Å². The van der Waals surface area contributed by atoms with Gasteiger partial charge >= 0.3 is 6.18 Å². The Labute approximate surface area is 168 Å². The van der Waals surface area contributed by atoms with Crippen LogP contribution in [0.3, 0.4) is 0 Å². The number of nitrogens with one attached hydrogen (secondary N) is 1. The van der Waals surface area contributed by atoms with Gasteiger partial charge in [0.1, 0.15) is 0 Å². The number of benzene rings is 1. The normalized spacial score (nSPS) is 17.0. The molecule has 0 bridgehead atoms. The largest absolute Gasteiger partial charge is 0.433 e. The summed E-state index contributed by atoms with van der Waals surface area (Å²) < 4.78 is 46.9. The van der Waals surface area contributed by atoms with Gasteiger partial charge in [-0.2, -0.15) is 18.3 Å². The van der Waals surface area contributed by atoms with Gasteiger partial charge in [-0.15, -0.1) is 0 Å². The molecule has 4 rings (SSSR count). The highest BCUT2D eigenvalue weighted by atomic mass is 35.5. The van der Waals surface area contributed by atoms with Gasteiger partial charge in [-0.05, 0) is 31.0 Å². The fourth-order valence-electron chi connectivity index (χ4n) is 3.16. The minimum absolute atomic E-state index is 0.0768. The van der Waals surface area contributed by atoms with E-state index in [0.717, 1.165) is 18.9 Å². The first-order chi connectivity index (χ1) is 13.8. The lowest BCUT2D eigenvalue weighted by molar-refractivity contribution is -0.142. The average molecular weight is 425 g/mol. The number of alkyl halides is 3. The number of nitrogens with zero attached hydrogens (tertiary/aromatic N) is 3. The number of halogens is 4. The molecule has 0 radical (unpaired) electrons. The second kappa shape index (κ2) is 7.64. The quantitative estimate of drug-likeness (QED) is 0.688. The van der Waals surface area contributed by atoms with Crippen LogP contribution in [-0.2, 0) is 10.9 Å². The number of amides is 1. The van der Waals surface area contributed by atoms with E-state index >= 15 is 0 Å². The van der Waals surface area contributed by atoms with Crippen molar-refractivity contribution >= 4 is 23.2 Å². The first-order valence-electron chi connectivity index (χ1n) is 8.95. The van der Waals surface area contributed by atoms with Crippen molar-refractivity contribution in [1.82, 2.24) is 19.9 Å². The van der Waals surface area contributed by atoms with Crippen LogP contribution in [0.4, 0.5) is 13.2 Å². The maximum atomic E-state index is 13.6. The molecule has 1 aromatic carbocycles. The zero-order chi connectivity index (χ0) is 20.6. The molecule has 1 aliphatic heterocycles. The molecule has 0 unspecified atom stereocenters. The predicted molar refractivity (Wildman–Crippen MR) is 99.7 cm³/mol. The average Bonchev–Trinajstić information content (AvgIpc) is 3.34. The van der Waals surface area contributed by atoms with Gasteiger partial charge in [-0.3, -0.25) is 4.79 Å². The van der Waals surface area contributed by atoms with E-state index in [2.05, 4.69) is 15.4 Å². The van der Waals surface area contributed by atoms with Crippen LogP contribution in [0.5, 0.6) is 0 Å². The number of hydrogen-bond acceptors (Lipinski definition) is 4. The second-order valence-corrected chi connectivity index (χ2v) is 7.11. The van der Waals surface area contributed by atoms with Crippen LogP contribution in [0.1, 0.15) is 29.0 Å². The zero-order valence-electron chi connectivity index (χ0n) is 15.0. The van der Waals surface area contributed by atoms with Crippen LogP contribution in [0.15, 0.2) is 36.4 Å². The Balaban J connectivity index is 1.70. The summed E-state index contributed by atoms with van der Waals surface area (Å²) in [4.78, 5) is 16.6. The van der Waals surface area contributed by atoms with Gasteiger partial charge < -0.3 is 10.1 Å². The third-order valence-corrected chi connectivity index (χ3v) is 4.86. The van der Waals surface area contributed by atoms with Gasteiger partial charge in [0.2, 0.25) is 0 Å². The van der Waals surface area contributed by atoms with E-state index in [1.165, 1.54) is 6.07 Å². The monoisotopic (exact) mass is 424 g/mol. The molecule has 3 aromatic rings. The third kappa shape index (κ3) is 4.20. The minimum atomic E-state index is -4.68. The minimum Gasteiger partial charge on any atom is -0.376 e. The van der Waals surface area contributed by atoms with E-state index in [4.69, 9.17) is 16.3 Å². The Morgan fingerprint density at radius 3 is 2.69 bits per heavy atom. The van der Waals surface area contributed by atoms with E-state index in [1.54, 1.807) is 24.3 Å². The summed E-state index contributed by atoms with van der Waals surface area (Å²) in [6.45, 7) is 0.920. The number of carbonyl (C=O) groups excluding carboxylic acids is 1. The van der Waals surface area contributed by atoms with Crippen LogP contribution in [0, 0.1) is 0 Å². The summed E-state index contributed by atoms with van der Waals surface area (Å²) >= 11 is 5.85. The van der Waals surface area contributed by atoms with Crippen molar-refractivity contribution in [1.29, 1.82) is 0 Å². The molecule has 1 atom stereocenters. The summed E-state index contributed by atoms with van der Waals surface area (Å²) in [5.74, 6) is -0.577. The highest BCUT2D eigenvalue weighted by molar-refractivity contribution is 6.30. The van der Waals surface area contributed by atoms with Gasteiger partial charge in [0, 0.05) is 29.8 Å². The maximum absolute atomic E-state index is 13.6. The Morgan fingerprint density at radius 1 is 1.28 bits per heavy atom. The van der Waals surface area contributed by atoms with E-state index in [-0.39, 0.29) is 29.7 Å². The van der Waals surface area contributed by atoms with Crippen molar-refractivity contribution in [2.75, 3.05) is 13.2 Å². The van der Waals surface area contributed by atoms with Gasteiger partial charge in [-0.1, -0.05) is 23.7 Å². The van der Waals surface area contributed by atoms with Crippen molar-refractivity contribution in [2.45, 2.75) is 25.1 Å². The molecule has 1 amide bonds. The number of rotatable bonds is 4. The molecule has 0 spiro atoms. The third-order valence-electron chi connectivity index (χ3n) is 4.60. The predicted octanol–water partition coefficient (Wildman–Crippen LogP) is 3.98.